The number of rotatable bonds is 7. The molecule has 0 unspecified atom stereocenters. The monoisotopic (exact) mass is 449 g/mol. The zero-order valence-electron chi connectivity index (χ0n) is 17.8. The topological polar surface area (TPSA) is 82.3 Å². The molecular weight excluding hydrogens is 426 g/mol. The lowest BCUT2D eigenvalue weighted by molar-refractivity contribution is -0.116. The summed E-state index contributed by atoms with van der Waals surface area (Å²) in [6.07, 6.45) is 0.855. The lowest BCUT2D eigenvalue weighted by Crippen LogP contribution is -2.41. The molecule has 164 valence electrons. The van der Waals surface area contributed by atoms with E-state index >= 15 is 0 Å². The predicted molar refractivity (Wildman–Crippen MR) is 127 cm³/mol. The molecule has 32 heavy (non-hydrogen) atoms. The summed E-state index contributed by atoms with van der Waals surface area (Å²) >= 11 is 1.26. The molecule has 0 aliphatic rings. The Balaban J connectivity index is 1.69. The second-order valence-corrected chi connectivity index (χ2v) is 8.26. The Morgan fingerprint density at radius 2 is 1.81 bits per heavy atom. The first kappa shape index (κ1) is 21.6. The first-order chi connectivity index (χ1) is 15.5. The van der Waals surface area contributed by atoms with Gasteiger partial charge in [-0.05, 0) is 53.3 Å². The maximum atomic E-state index is 13.3. The maximum Gasteiger partial charge on any atom is 0.332 e. The lowest BCUT2D eigenvalue weighted by atomic mass is 10.1. The van der Waals surface area contributed by atoms with E-state index in [0.717, 1.165) is 17.5 Å². The Hall–Kier alpha value is -3.65. The van der Waals surface area contributed by atoms with Crippen molar-refractivity contribution < 1.29 is 9.53 Å². The second kappa shape index (κ2) is 9.23. The van der Waals surface area contributed by atoms with Crippen LogP contribution >= 0.6 is 11.3 Å². The van der Waals surface area contributed by atoms with Crippen LogP contribution in [0.4, 0.5) is 5.69 Å². The molecule has 4 aromatic rings. The van der Waals surface area contributed by atoms with Crippen molar-refractivity contribution in [2.24, 2.45) is 0 Å². The van der Waals surface area contributed by atoms with E-state index in [1.54, 1.807) is 36.8 Å². The number of anilines is 1. The molecular formula is C24H23N3O4S. The number of ether oxygens (including phenoxy) is 1. The normalized spacial score (nSPS) is 10.9. The number of amides is 1. The van der Waals surface area contributed by atoms with Gasteiger partial charge in [-0.3, -0.25) is 18.7 Å². The van der Waals surface area contributed by atoms with Gasteiger partial charge >= 0.3 is 5.69 Å². The lowest BCUT2D eigenvalue weighted by Gasteiger charge is -2.13. The fraction of sp³-hybridized carbons (Fsp3) is 0.208. The Labute approximate surface area is 188 Å². The molecule has 1 N–H and O–H groups in total. The van der Waals surface area contributed by atoms with Crippen LogP contribution in [0, 0.1) is 0 Å². The first-order valence-corrected chi connectivity index (χ1v) is 11.1. The third kappa shape index (κ3) is 4.36. The minimum absolute atomic E-state index is 0.0862. The molecule has 1 amide bonds. The molecule has 2 heterocycles. The molecule has 0 radical (unpaired) electrons. The van der Waals surface area contributed by atoms with Gasteiger partial charge in [-0.1, -0.05) is 31.2 Å². The smallest absolute Gasteiger partial charge is 0.332 e. The summed E-state index contributed by atoms with van der Waals surface area (Å²) in [6.45, 7) is 1.93. The summed E-state index contributed by atoms with van der Waals surface area (Å²) in [4.78, 5) is 39.0. The molecule has 7 nitrogen and oxygen atoms in total. The van der Waals surface area contributed by atoms with Crippen LogP contribution in [0.5, 0.6) is 5.75 Å². The van der Waals surface area contributed by atoms with Crippen molar-refractivity contribution in [2.45, 2.75) is 26.4 Å². The summed E-state index contributed by atoms with van der Waals surface area (Å²) in [5, 5.41) is 4.60. The third-order valence-corrected chi connectivity index (χ3v) is 6.12. The van der Waals surface area contributed by atoms with E-state index < -0.39 is 5.69 Å². The van der Waals surface area contributed by atoms with Crippen LogP contribution in [0.25, 0.3) is 10.2 Å². The molecule has 2 aromatic heterocycles. The number of hydrogen-bond donors (Lipinski definition) is 1. The van der Waals surface area contributed by atoms with Crippen LogP contribution in [0.3, 0.4) is 0 Å². The van der Waals surface area contributed by atoms with E-state index in [4.69, 9.17) is 4.74 Å². The van der Waals surface area contributed by atoms with Gasteiger partial charge in [0.05, 0.1) is 19.2 Å². The third-order valence-electron chi connectivity index (χ3n) is 5.23. The fourth-order valence-corrected chi connectivity index (χ4v) is 4.44. The highest BCUT2D eigenvalue weighted by atomic mass is 32.1. The second-order valence-electron chi connectivity index (χ2n) is 7.35. The average molecular weight is 450 g/mol. The van der Waals surface area contributed by atoms with Gasteiger partial charge in [0, 0.05) is 5.69 Å². The van der Waals surface area contributed by atoms with E-state index in [9.17, 15) is 14.4 Å². The molecule has 0 atom stereocenters. The van der Waals surface area contributed by atoms with E-state index in [-0.39, 0.29) is 24.6 Å². The fourth-order valence-electron chi connectivity index (χ4n) is 3.59. The molecule has 8 heteroatoms. The quantitative estimate of drug-likeness (QED) is 0.468. The van der Waals surface area contributed by atoms with Gasteiger partial charge in [-0.25, -0.2) is 4.79 Å². The highest BCUT2D eigenvalue weighted by molar-refractivity contribution is 7.17. The zero-order chi connectivity index (χ0) is 22.7. The molecule has 0 saturated carbocycles. The first-order valence-electron chi connectivity index (χ1n) is 10.2. The number of methoxy groups -OCH3 is 1. The molecule has 0 bridgehead atoms. The van der Waals surface area contributed by atoms with Crippen molar-refractivity contribution in [3.63, 3.8) is 0 Å². The van der Waals surface area contributed by atoms with Crippen LogP contribution in [-0.2, 0) is 24.3 Å². The van der Waals surface area contributed by atoms with Gasteiger partial charge in [-0.15, -0.1) is 11.3 Å². The number of benzene rings is 2. The Bertz CT molecular complexity index is 1400. The summed E-state index contributed by atoms with van der Waals surface area (Å²) < 4.78 is 8.20. The van der Waals surface area contributed by atoms with Gasteiger partial charge in [0.25, 0.3) is 5.56 Å². The molecule has 0 aliphatic carbocycles. The van der Waals surface area contributed by atoms with Crippen LogP contribution in [0.1, 0.15) is 18.1 Å². The average Bonchev–Trinajstić information content (AvgIpc) is 3.30. The number of carbonyl (C=O) groups is 1. The predicted octanol–water partition coefficient (Wildman–Crippen LogP) is 3.48. The van der Waals surface area contributed by atoms with Gasteiger partial charge < -0.3 is 10.1 Å². The number of hydrogen-bond acceptors (Lipinski definition) is 5. The minimum Gasteiger partial charge on any atom is -0.497 e. The largest absolute Gasteiger partial charge is 0.497 e. The van der Waals surface area contributed by atoms with Gasteiger partial charge in [0.1, 0.15) is 17.0 Å². The van der Waals surface area contributed by atoms with Crippen molar-refractivity contribution in [1.82, 2.24) is 9.13 Å². The number of carbonyl (C=O) groups excluding carboxylic acids is 1. The summed E-state index contributed by atoms with van der Waals surface area (Å²) in [6, 6.07) is 16.5. The number of nitrogens with one attached hydrogen (secondary N) is 1. The number of aromatic nitrogens is 2. The Morgan fingerprint density at radius 3 is 2.59 bits per heavy atom. The van der Waals surface area contributed by atoms with Gasteiger partial charge in [-0.2, -0.15) is 0 Å². The van der Waals surface area contributed by atoms with Gasteiger partial charge in [0.15, 0.2) is 0 Å². The van der Waals surface area contributed by atoms with E-state index in [2.05, 4.69) is 5.32 Å². The zero-order valence-corrected chi connectivity index (χ0v) is 18.6. The van der Waals surface area contributed by atoms with Crippen molar-refractivity contribution in [3.05, 3.63) is 91.9 Å². The summed E-state index contributed by atoms with van der Waals surface area (Å²) in [7, 11) is 1.56. The number of thiophene rings is 1. The van der Waals surface area contributed by atoms with Gasteiger partial charge in [0.2, 0.25) is 5.91 Å². The highest BCUT2D eigenvalue weighted by Gasteiger charge is 2.17. The number of aryl methyl sites for hydroxylation is 1. The molecule has 0 spiro atoms. The molecule has 0 aliphatic heterocycles. The van der Waals surface area contributed by atoms with Crippen molar-refractivity contribution >= 4 is 33.1 Å². The molecule has 2 aromatic carbocycles. The van der Waals surface area contributed by atoms with Crippen LogP contribution in [0.2, 0.25) is 0 Å². The van der Waals surface area contributed by atoms with Crippen LogP contribution in [0.15, 0.2) is 69.6 Å². The van der Waals surface area contributed by atoms with E-state index in [1.807, 2.05) is 37.3 Å². The standard InChI is InChI=1S/C24H23N3O4S/c1-3-16-6-4-8-18(12-16)25-21(28)15-26-20-10-11-32-22(20)23(29)27(24(26)30)14-17-7-5-9-19(13-17)31-2/h4-13H,3,14-15H2,1-2H3,(H,25,28). The number of nitrogens with zero attached hydrogens (tertiary/aromatic N) is 2. The van der Waals surface area contributed by atoms with Crippen molar-refractivity contribution in [3.8, 4) is 5.75 Å². The summed E-state index contributed by atoms with van der Waals surface area (Å²) in [5.74, 6) is 0.307. The van der Waals surface area contributed by atoms with E-state index in [1.165, 1.54) is 20.5 Å². The molecule has 4 rings (SSSR count). The molecule has 0 saturated heterocycles. The Morgan fingerprint density at radius 1 is 1.03 bits per heavy atom. The minimum atomic E-state index is -0.527. The Kier molecular flexibility index (Phi) is 6.23. The van der Waals surface area contributed by atoms with Crippen molar-refractivity contribution in [2.75, 3.05) is 12.4 Å². The highest BCUT2D eigenvalue weighted by Crippen LogP contribution is 2.17. The molecule has 0 fully saturated rings. The maximum absolute atomic E-state index is 13.3. The SMILES string of the molecule is CCc1cccc(NC(=O)Cn2c(=O)n(Cc3cccc(OC)c3)c(=O)c3sccc32)c1. The summed E-state index contributed by atoms with van der Waals surface area (Å²) in [5.41, 5.74) is 2.10. The van der Waals surface area contributed by atoms with E-state index in [0.29, 0.717) is 21.7 Å². The van der Waals surface area contributed by atoms with Crippen LogP contribution in [-0.4, -0.2) is 22.2 Å². The number of fused-ring (bicyclic) bond motifs is 1. The van der Waals surface area contributed by atoms with Crippen molar-refractivity contribution in [1.29, 1.82) is 0 Å². The van der Waals surface area contributed by atoms with Crippen LogP contribution < -0.4 is 21.3 Å².